The first-order valence-electron chi connectivity index (χ1n) is 9.44. The Hall–Kier alpha value is -2.40. The predicted molar refractivity (Wildman–Crippen MR) is 107 cm³/mol. The molecule has 0 atom stereocenters. The van der Waals surface area contributed by atoms with Crippen molar-refractivity contribution in [1.82, 2.24) is 4.98 Å². The minimum absolute atomic E-state index is 0.160. The van der Waals surface area contributed by atoms with Gasteiger partial charge in [0.05, 0.1) is 5.52 Å². The number of hydrogen-bond acceptors (Lipinski definition) is 4. The second kappa shape index (κ2) is 7.31. The molecule has 4 rings (SSSR count). The Bertz CT molecular complexity index is 1050. The lowest BCUT2D eigenvalue weighted by molar-refractivity contribution is 0.435. The van der Waals surface area contributed by atoms with Crippen molar-refractivity contribution < 1.29 is 12.6 Å². The zero-order valence-corrected chi connectivity index (χ0v) is 16.2. The van der Waals surface area contributed by atoms with E-state index in [2.05, 4.69) is 0 Å². The summed E-state index contributed by atoms with van der Waals surface area (Å²) >= 11 is 0. The van der Waals surface area contributed by atoms with Crippen LogP contribution in [0.15, 0.2) is 59.5 Å². The second-order valence-corrected chi connectivity index (χ2v) is 8.79. The van der Waals surface area contributed by atoms with Crippen molar-refractivity contribution in [1.29, 1.82) is 0 Å². The summed E-state index contributed by atoms with van der Waals surface area (Å²) in [5.41, 5.74) is 2.71. The van der Waals surface area contributed by atoms with Gasteiger partial charge < -0.3 is 4.18 Å². The molecule has 1 fully saturated rings. The first kappa shape index (κ1) is 18.0. The van der Waals surface area contributed by atoms with Crippen LogP contribution in [0.4, 0.5) is 0 Å². The van der Waals surface area contributed by atoms with Gasteiger partial charge in [0.2, 0.25) is 0 Å². The van der Waals surface area contributed by atoms with Crippen LogP contribution in [-0.4, -0.2) is 13.4 Å². The molecule has 1 heterocycles. The maximum absolute atomic E-state index is 12.8. The van der Waals surface area contributed by atoms with Crippen LogP contribution >= 0.6 is 0 Å². The minimum Gasteiger partial charge on any atom is -0.378 e. The van der Waals surface area contributed by atoms with Gasteiger partial charge in [-0.15, -0.1) is 0 Å². The molecule has 1 aliphatic rings. The summed E-state index contributed by atoms with van der Waals surface area (Å²) in [6.07, 6.45) is 5.83. The highest BCUT2D eigenvalue weighted by molar-refractivity contribution is 7.87. The van der Waals surface area contributed by atoms with Crippen molar-refractivity contribution in [3.8, 4) is 5.75 Å². The lowest BCUT2D eigenvalue weighted by Crippen LogP contribution is -2.12. The van der Waals surface area contributed by atoms with Crippen molar-refractivity contribution in [3.63, 3.8) is 0 Å². The molecule has 0 radical (unpaired) electrons. The number of para-hydroxylation sites is 1. The van der Waals surface area contributed by atoms with Crippen LogP contribution < -0.4 is 4.18 Å². The van der Waals surface area contributed by atoms with Crippen molar-refractivity contribution >= 4 is 21.0 Å². The number of nitrogens with zero attached hydrogens (tertiary/aromatic N) is 1. The van der Waals surface area contributed by atoms with Gasteiger partial charge in [0.25, 0.3) is 0 Å². The van der Waals surface area contributed by atoms with Gasteiger partial charge in [-0.3, -0.25) is 4.98 Å². The molecule has 1 saturated carbocycles. The highest BCUT2D eigenvalue weighted by Crippen LogP contribution is 2.36. The number of aromatic nitrogens is 1. The van der Waals surface area contributed by atoms with E-state index >= 15 is 0 Å². The normalized spacial score (nSPS) is 15.7. The molecule has 2 aromatic carbocycles. The van der Waals surface area contributed by atoms with Gasteiger partial charge >= 0.3 is 10.1 Å². The Balaban J connectivity index is 1.76. The molecule has 1 aromatic heterocycles. The number of hydrogen-bond donors (Lipinski definition) is 0. The molecule has 0 unspecified atom stereocenters. The quantitative estimate of drug-likeness (QED) is 0.571. The van der Waals surface area contributed by atoms with Crippen molar-refractivity contribution in [2.75, 3.05) is 0 Å². The fourth-order valence-corrected chi connectivity index (χ4v) is 4.65. The maximum Gasteiger partial charge on any atom is 0.339 e. The molecule has 0 aliphatic heterocycles. The fraction of sp³-hybridized carbons (Fsp3) is 0.318. The van der Waals surface area contributed by atoms with E-state index in [0.29, 0.717) is 17.1 Å². The third-order valence-electron chi connectivity index (χ3n) is 5.23. The highest BCUT2D eigenvalue weighted by atomic mass is 32.2. The first-order valence-corrected chi connectivity index (χ1v) is 10.8. The Labute approximate surface area is 160 Å². The smallest absolute Gasteiger partial charge is 0.339 e. The molecule has 4 nitrogen and oxygen atoms in total. The summed E-state index contributed by atoms with van der Waals surface area (Å²) in [5.74, 6) is 0.731. The molecule has 140 valence electrons. The molecule has 5 heteroatoms. The maximum atomic E-state index is 12.8. The monoisotopic (exact) mass is 381 g/mol. The highest BCUT2D eigenvalue weighted by Gasteiger charge is 2.22. The second-order valence-electron chi connectivity index (χ2n) is 7.25. The fourth-order valence-electron chi connectivity index (χ4n) is 3.71. The van der Waals surface area contributed by atoms with E-state index in [-0.39, 0.29) is 4.90 Å². The van der Waals surface area contributed by atoms with E-state index in [1.807, 2.05) is 37.3 Å². The van der Waals surface area contributed by atoms with E-state index in [1.165, 1.54) is 19.3 Å². The summed E-state index contributed by atoms with van der Waals surface area (Å²) in [6.45, 7) is 1.92. The predicted octanol–water partition coefficient (Wildman–Crippen LogP) is 5.36. The topological polar surface area (TPSA) is 56.3 Å². The van der Waals surface area contributed by atoms with Gasteiger partial charge in [-0.05, 0) is 44.0 Å². The zero-order chi connectivity index (χ0) is 18.9. The van der Waals surface area contributed by atoms with Crippen molar-refractivity contribution in [2.45, 2.75) is 49.8 Å². The van der Waals surface area contributed by atoms with Crippen LogP contribution in [0.1, 0.15) is 49.3 Å². The number of benzene rings is 2. The number of pyridine rings is 1. The van der Waals surface area contributed by atoms with E-state index in [1.54, 1.807) is 24.3 Å². The average Bonchev–Trinajstić information content (AvgIpc) is 2.69. The van der Waals surface area contributed by atoms with Gasteiger partial charge in [0.15, 0.2) is 5.75 Å². The molecule has 0 amide bonds. The lowest BCUT2D eigenvalue weighted by Gasteiger charge is -2.22. The van der Waals surface area contributed by atoms with Crippen LogP contribution in [0.3, 0.4) is 0 Å². The Kier molecular flexibility index (Phi) is 4.87. The molecule has 0 bridgehead atoms. The summed E-state index contributed by atoms with van der Waals surface area (Å²) in [5, 5.41) is 0.716. The molecule has 3 aromatic rings. The standard InChI is InChI=1S/C22H23NO3S/c1-16-11-13-18(14-12-16)27(24,25)26-22-15-21(17-7-3-2-4-8-17)23-20-10-6-5-9-19(20)22/h5-6,9-15,17H,2-4,7-8H2,1H3. The Morgan fingerprint density at radius 3 is 2.41 bits per heavy atom. The van der Waals surface area contributed by atoms with Gasteiger partial charge in [-0.1, -0.05) is 49.1 Å². The summed E-state index contributed by atoms with van der Waals surface area (Å²) in [6, 6.07) is 16.1. The largest absolute Gasteiger partial charge is 0.378 e. The number of rotatable bonds is 4. The molecular weight excluding hydrogens is 358 g/mol. The SMILES string of the molecule is Cc1ccc(S(=O)(=O)Oc2cc(C3CCCCC3)nc3ccccc23)cc1. The van der Waals surface area contributed by atoms with Crippen LogP contribution in [0.25, 0.3) is 10.9 Å². The molecular formula is C22H23NO3S. The van der Waals surface area contributed by atoms with Gasteiger partial charge in [0, 0.05) is 23.1 Å². The molecule has 0 spiro atoms. The zero-order valence-electron chi connectivity index (χ0n) is 15.4. The first-order chi connectivity index (χ1) is 13.0. The Morgan fingerprint density at radius 1 is 0.963 bits per heavy atom. The summed E-state index contributed by atoms with van der Waals surface area (Å²) in [7, 11) is -3.90. The average molecular weight is 381 g/mol. The van der Waals surface area contributed by atoms with Crippen molar-refractivity contribution in [2.24, 2.45) is 0 Å². The van der Waals surface area contributed by atoms with Gasteiger partial charge in [-0.2, -0.15) is 8.42 Å². The molecule has 1 aliphatic carbocycles. The third-order valence-corrected chi connectivity index (χ3v) is 6.48. The molecule has 27 heavy (non-hydrogen) atoms. The molecule has 0 saturated heterocycles. The van der Waals surface area contributed by atoms with Gasteiger partial charge in [-0.25, -0.2) is 0 Å². The van der Waals surface area contributed by atoms with E-state index in [0.717, 1.165) is 29.6 Å². The molecule has 0 N–H and O–H groups in total. The van der Waals surface area contributed by atoms with Crippen LogP contribution in [0, 0.1) is 6.92 Å². The number of aryl methyl sites for hydroxylation is 1. The van der Waals surface area contributed by atoms with E-state index in [4.69, 9.17) is 9.17 Å². The van der Waals surface area contributed by atoms with Gasteiger partial charge in [0.1, 0.15) is 4.90 Å². The summed E-state index contributed by atoms with van der Waals surface area (Å²) < 4.78 is 31.2. The Morgan fingerprint density at radius 2 is 1.67 bits per heavy atom. The lowest BCUT2D eigenvalue weighted by atomic mass is 9.86. The van der Waals surface area contributed by atoms with Crippen LogP contribution in [0.2, 0.25) is 0 Å². The summed E-state index contributed by atoms with van der Waals surface area (Å²) in [4.78, 5) is 4.96. The number of fused-ring (bicyclic) bond motifs is 1. The van der Waals surface area contributed by atoms with Crippen molar-refractivity contribution in [3.05, 3.63) is 65.9 Å². The van der Waals surface area contributed by atoms with E-state index in [9.17, 15) is 8.42 Å². The van der Waals surface area contributed by atoms with E-state index < -0.39 is 10.1 Å². The third kappa shape index (κ3) is 3.83. The van der Waals surface area contributed by atoms with Crippen LogP contribution in [0.5, 0.6) is 5.75 Å². The minimum atomic E-state index is -3.90. The van der Waals surface area contributed by atoms with Crippen LogP contribution in [-0.2, 0) is 10.1 Å².